The molecule has 6 nitrogen and oxygen atoms in total. The zero-order valence-corrected chi connectivity index (χ0v) is 16.0. The fourth-order valence-corrected chi connectivity index (χ4v) is 3.34. The minimum absolute atomic E-state index is 0.109. The van der Waals surface area contributed by atoms with Crippen molar-refractivity contribution in [3.8, 4) is 11.3 Å². The molecule has 1 N–H and O–H groups in total. The summed E-state index contributed by atoms with van der Waals surface area (Å²) in [6.07, 6.45) is 4.41. The first kappa shape index (κ1) is 19.6. The molecule has 1 aromatic carbocycles. The van der Waals surface area contributed by atoms with E-state index in [4.69, 9.17) is 9.15 Å². The molecule has 1 saturated heterocycles. The van der Waals surface area contributed by atoms with Crippen molar-refractivity contribution in [3.05, 3.63) is 42.4 Å². The molecule has 0 aliphatic carbocycles. The Morgan fingerprint density at radius 1 is 1.30 bits per heavy atom. The van der Waals surface area contributed by atoms with E-state index in [0.717, 1.165) is 56.2 Å². The van der Waals surface area contributed by atoms with E-state index < -0.39 is 0 Å². The quantitative estimate of drug-likeness (QED) is 0.686. The highest BCUT2D eigenvalue weighted by molar-refractivity contribution is 5.78. The molecule has 1 aliphatic rings. The molecule has 0 spiro atoms. The molecule has 146 valence electrons. The van der Waals surface area contributed by atoms with Gasteiger partial charge in [-0.05, 0) is 39.3 Å². The van der Waals surface area contributed by atoms with Gasteiger partial charge in [0, 0.05) is 31.2 Å². The lowest BCUT2D eigenvalue weighted by Gasteiger charge is -2.30. The van der Waals surface area contributed by atoms with Gasteiger partial charge in [0.05, 0.1) is 12.7 Å². The number of amides is 1. The van der Waals surface area contributed by atoms with Gasteiger partial charge in [-0.25, -0.2) is 4.98 Å². The van der Waals surface area contributed by atoms with Crippen molar-refractivity contribution in [2.45, 2.75) is 32.7 Å². The largest absolute Gasteiger partial charge is 0.439 e. The monoisotopic (exact) mass is 371 g/mol. The summed E-state index contributed by atoms with van der Waals surface area (Å²) in [5.41, 5.74) is 1.04. The maximum atomic E-state index is 12.3. The number of hydrogen-bond donors (Lipinski definition) is 1. The summed E-state index contributed by atoms with van der Waals surface area (Å²) in [5, 5.41) is 3.03. The molecule has 1 amide bonds. The molecule has 0 radical (unpaired) electrons. The van der Waals surface area contributed by atoms with E-state index in [2.05, 4.69) is 15.2 Å². The first-order chi connectivity index (χ1) is 13.3. The Bertz CT molecular complexity index is 694. The summed E-state index contributed by atoms with van der Waals surface area (Å²) in [7, 11) is 0. The van der Waals surface area contributed by atoms with Crippen molar-refractivity contribution in [1.29, 1.82) is 0 Å². The number of oxazole rings is 1. The van der Waals surface area contributed by atoms with Crippen LogP contribution in [0.1, 0.15) is 32.1 Å². The van der Waals surface area contributed by atoms with Crippen LogP contribution in [0.4, 0.5) is 0 Å². The lowest BCUT2D eigenvalue weighted by atomic mass is 9.96. The van der Waals surface area contributed by atoms with Crippen LogP contribution >= 0.6 is 0 Å². The molecule has 27 heavy (non-hydrogen) atoms. The van der Waals surface area contributed by atoms with Crippen LogP contribution in [0.5, 0.6) is 0 Å². The molecule has 6 heteroatoms. The highest BCUT2D eigenvalue weighted by atomic mass is 16.5. The molecular weight excluding hydrogens is 342 g/mol. The minimum atomic E-state index is 0.109. The van der Waals surface area contributed by atoms with Crippen LogP contribution in [0, 0.1) is 5.92 Å². The number of piperidine rings is 1. The van der Waals surface area contributed by atoms with Gasteiger partial charge in [-0.3, -0.25) is 9.69 Å². The van der Waals surface area contributed by atoms with E-state index in [1.54, 1.807) is 6.20 Å². The fourth-order valence-electron chi connectivity index (χ4n) is 3.34. The lowest BCUT2D eigenvalue weighted by molar-refractivity contribution is -0.126. The smallest absolute Gasteiger partial charge is 0.223 e. The third kappa shape index (κ3) is 5.91. The zero-order chi connectivity index (χ0) is 18.9. The van der Waals surface area contributed by atoms with Crippen molar-refractivity contribution in [3.63, 3.8) is 0 Å². The summed E-state index contributed by atoms with van der Waals surface area (Å²) in [4.78, 5) is 19.0. The zero-order valence-electron chi connectivity index (χ0n) is 16.0. The van der Waals surface area contributed by atoms with E-state index in [-0.39, 0.29) is 11.8 Å². The van der Waals surface area contributed by atoms with Crippen LogP contribution in [-0.2, 0) is 16.1 Å². The van der Waals surface area contributed by atoms with Gasteiger partial charge in [0.1, 0.15) is 0 Å². The van der Waals surface area contributed by atoms with Gasteiger partial charge in [-0.15, -0.1) is 0 Å². The number of aromatic nitrogens is 1. The van der Waals surface area contributed by atoms with Gasteiger partial charge in [-0.2, -0.15) is 0 Å². The number of hydrogen-bond acceptors (Lipinski definition) is 5. The third-order valence-electron chi connectivity index (χ3n) is 4.90. The molecule has 2 heterocycles. The lowest BCUT2D eigenvalue weighted by Crippen LogP contribution is -2.40. The van der Waals surface area contributed by atoms with E-state index in [1.807, 2.05) is 37.3 Å². The Labute approximate surface area is 160 Å². The fraction of sp³-hybridized carbons (Fsp3) is 0.524. The maximum Gasteiger partial charge on any atom is 0.223 e. The number of carbonyl (C=O) groups is 1. The molecule has 0 atom stereocenters. The van der Waals surface area contributed by atoms with Crippen LogP contribution in [0.3, 0.4) is 0 Å². The Hall–Kier alpha value is -2.18. The van der Waals surface area contributed by atoms with Crippen LogP contribution in [0.25, 0.3) is 11.3 Å². The van der Waals surface area contributed by atoms with E-state index in [9.17, 15) is 4.79 Å². The Kier molecular flexibility index (Phi) is 7.42. The number of likely N-dealkylation sites (tertiary alicyclic amines) is 1. The van der Waals surface area contributed by atoms with E-state index >= 15 is 0 Å². The van der Waals surface area contributed by atoms with Crippen molar-refractivity contribution in [2.24, 2.45) is 5.92 Å². The van der Waals surface area contributed by atoms with Gasteiger partial charge in [0.15, 0.2) is 5.76 Å². The maximum absolute atomic E-state index is 12.3. The second-order valence-corrected chi connectivity index (χ2v) is 6.88. The molecule has 0 bridgehead atoms. The number of rotatable bonds is 9. The predicted molar refractivity (Wildman–Crippen MR) is 104 cm³/mol. The molecule has 3 rings (SSSR count). The van der Waals surface area contributed by atoms with E-state index in [0.29, 0.717) is 19.7 Å². The van der Waals surface area contributed by atoms with Crippen molar-refractivity contribution < 1.29 is 13.9 Å². The summed E-state index contributed by atoms with van der Waals surface area (Å²) in [6, 6.07) is 10.00. The molecule has 2 aromatic rings. The number of ether oxygens (including phenoxy) is 1. The van der Waals surface area contributed by atoms with Crippen molar-refractivity contribution in [2.75, 3.05) is 32.8 Å². The molecule has 1 aliphatic heterocycles. The average Bonchev–Trinajstić information content (AvgIpc) is 3.17. The second-order valence-electron chi connectivity index (χ2n) is 6.88. The highest BCUT2D eigenvalue weighted by Crippen LogP contribution is 2.22. The Morgan fingerprint density at radius 3 is 2.81 bits per heavy atom. The molecule has 0 unspecified atom stereocenters. The number of benzene rings is 1. The summed E-state index contributed by atoms with van der Waals surface area (Å²) < 4.78 is 11.2. The number of carbonyl (C=O) groups excluding carboxylic acids is 1. The van der Waals surface area contributed by atoms with Gasteiger partial charge >= 0.3 is 0 Å². The normalized spacial score (nSPS) is 15.7. The molecule has 0 saturated carbocycles. The summed E-state index contributed by atoms with van der Waals surface area (Å²) >= 11 is 0. The second kappa shape index (κ2) is 10.2. The summed E-state index contributed by atoms with van der Waals surface area (Å²) in [5.74, 6) is 1.81. The third-order valence-corrected chi connectivity index (χ3v) is 4.90. The first-order valence-corrected chi connectivity index (χ1v) is 9.84. The van der Waals surface area contributed by atoms with Crippen LogP contribution in [-0.4, -0.2) is 48.6 Å². The molecule has 1 aromatic heterocycles. The minimum Gasteiger partial charge on any atom is -0.439 e. The molecular formula is C21H29N3O3. The SMILES string of the molecule is CCOCCCNC(=O)C1CCN(Cc2ncc(-c3ccccc3)o2)CC1. The van der Waals surface area contributed by atoms with Gasteiger partial charge in [0.25, 0.3) is 0 Å². The predicted octanol–water partition coefficient (Wildman–Crippen LogP) is 3.10. The standard InChI is InChI=1S/C21H29N3O3/c1-2-26-14-6-11-22-21(25)18-9-12-24(13-10-18)16-20-23-15-19(27-20)17-7-4-3-5-8-17/h3-5,7-8,15,18H,2,6,9-14,16H2,1H3,(H,22,25). The summed E-state index contributed by atoms with van der Waals surface area (Å²) in [6.45, 7) is 6.57. The van der Waals surface area contributed by atoms with Gasteiger partial charge < -0.3 is 14.5 Å². The average molecular weight is 371 g/mol. The van der Waals surface area contributed by atoms with Crippen molar-refractivity contribution >= 4 is 5.91 Å². The van der Waals surface area contributed by atoms with E-state index in [1.165, 1.54) is 0 Å². The number of nitrogens with one attached hydrogen (secondary N) is 1. The topological polar surface area (TPSA) is 67.6 Å². The highest BCUT2D eigenvalue weighted by Gasteiger charge is 2.25. The Morgan fingerprint density at radius 2 is 2.07 bits per heavy atom. The van der Waals surface area contributed by atoms with Gasteiger partial charge in [0.2, 0.25) is 11.8 Å². The van der Waals surface area contributed by atoms with Crippen LogP contribution in [0.15, 0.2) is 40.9 Å². The Balaban J connectivity index is 1.39. The van der Waals surface area contributed by atoms with Crippen molar-refractivity contribution in [1.82, 2.24) is 15.2 Å². The van der Waals surface area contributed by atoms with Gasteiger partial charge in [-0.1, -0.05) is 30.3 Å². The van der Waals surface area contributed by atoms with Crippen LogP contribution in [0.2, 0.25) is 0 Å². The molecule has 1 fully saturated rings. The number of nitrogens with zero attached hydrogens (tertiary/aromatic N) is 2. The van der Waals surface area contributed by atoms with Crippen LogP contribution < -0.4 is 5.32 Å². The first-order valence-electron chi connectivity index (χ1n) is 9.84.